The minimum Gasteiger partial charge on any atom is -0.537 e. The Labute approximate surface area is 358 Å². The maximum Gasteiger partial charge on any atom is 0.569 e. The number of halogens is 1. The third-order valence-electron chi connectivity index (χ3n) is 8.57. The Hall–Kier alpha value is -6.77. The number of piperidine rings is 1. The molecule has 7 aromatic rings. The van der Waals surface area contributed by atoms with Crippen LogP contribution in [0.1, 0.15) is 46.8 Å². The monoisotopic (exact) mass is 865 g/mol. The van der Waals surface area contributed by atoms with Gasteiger partial charge >= 0.3 is 7.69 Å². The van der Waals surface area contributed by atoms with E-state index in [2.05, 4.69) is 50.8 Å². The average molecular weight is 867 g/mol. The molecular formula is C46H43BBrN6O6. The van der Waals surface area contributed by atoms with Crippen LogP contribution in [-0.4, -0.2) is 49.4 Å². The molecule has 8 rings (SSSR count). The van der Waals surface area contributed by atoms with Gasteiger partial charge in [0.05, 0.1) is 10.4 Å². The number of aromatic nitrogens is 5. The number of carbonyl (C=O) groups is 2. The van der Waals surface area contributed by atoms with Gasteiger partial charge in [-0.15, -0.1) is 0 Å². The Morgan fingerprint density at radius 2 is 1.18 bits per heavy atom. The lowest BCUT2D eigenvalue weighted by Crippen LogP contribution is -2.39. The van der Waals surface area contributed by atoms with Crippen molar-refractivity contribution in [2.45, 2.75) is 45.8 Å². The highest BCUT2D eigenvalue weighted by Gasteiger charge is 2.27. The van der Waals surface area contributed by atoms with Gasteiger partial charge < -0.3 is 19.2 Å². The van der Waals surface area contributed by atoms with Crippen LogP contribution in [0.2, 0.25) is 0 Å². The summed E-state index contributed by atoms with van der Waals surface area (Å²) < 4.78 is 17.1. The van der Waals surface area contributed by atoms with Crippen molar-refractivity contribution >= 4 is 35.4 Å². The topological polar surface area (TPSA) is 159 Å². The SMILES string of the molecule is Cc1ccc(-c2ccncc2)c(OCc2ccccc2)n1.Cc1ccc(Br)c(OCc2ccccc2)n1.O=C1CCC(c2ccncc2)C(=O)N1.O[B]Oc1ccncc1. The lowest BCUT2D eigenvalue weighted by atomic mass is 9.91. The predicted octanol–water partition coefficient (Wildman–Crippen LogP) is 8.35. The van der Waals surface area contributed by atoms with Gasteiger partial charge in [0.25, 0.3) is 0 Å². The van der Waals surface area contributed by atoms with E-state index < -0.39 is 0 Å². The van der Waals surface area contributed by atoms with Gasteiger partial charge in [-0.1, -0.05) is 60.7 Å². The van der Waals surface area contributed by atoms with E-state index in [4.69, 9.17) is 14.5 Å². The second-order valence-corrected chi connectivity index (χ2v) is 13.9. The minimum atomic E-state index is -0.201. The van der Waals surface area contributed by atoms with Gasteiger partial charge in [0, 0.05) is 60.6 Å². The Balaban J connectivity index is 0.000000158. The fraction of sp³-hybridized carbons (Fsp3) is 0.152. The van der Waals surface area contributed by atoms with Gasteiger partial charge in [-0.3, -0.25) is 29.9 Å². The smallest absolute Gasteiger partial charge is 0.537 e. The largest absolute Gasteiger partial charge is 0.569 e. The van der Waals surface area contributed by atoms with Crippen LogP contribution < -0.4 is 19.4 Å². The molecule has 14 heteroatoms. The number of benzene rings is 2. The Kier molecular flexibility index (Phi) is 17.9. The van der Waals surface area contributed by atoms with Crippen molar-refractivity contribution in [1.29, 1.82) is 0 Å². The molecule has 2 N–H and O–H groups in total. The van der Waals surface area contributed by atoms with Crippen LogP contribution in [0.5, 0.6) is 17.5 Å². The first-order valence-electron chi connectivity index (χ1n) is 18.9. The number of carbonyl (C=O) groups excluding carboxylic acids is 2. The number of pyridine rings is 5. The van der Waals surface area contributed by atoms with Crippen LogP contribution >= 0.6 is 15.9 Å². The Bertz CT molecular complexity index is 2350. The summed E-state index contributed by atoms with van der Waals surface area (Å²) in [5.74, 6) is 1.30. The van der Waals surface area contributed by atoms with Crippen molar-refractivity contribution in [3.05, 3.63) is 191 Å². The summed E-state index contributed by atoms with van der Waals surface area (Å²) in [4.78, 5) is 42.9. The first-order valence-corrected chi connectivity index (χ1v) is 19.7. The third-order valence-corrected chi connectivity index (χ3v) is 9.17. The maximum absolute atomic E-state index is 11.5. The van der Waals surface area contributed by atoms with E-state index in [-0.39, 0.29) is 17.7 Å². The molecule has 2 aromatic carbocycles. The molecule has 5 aromatic heterocycles. The van der Waals surface area contributed by atoms with Crippen LogP contribution in [0.25, 0.3) is 11.1 Å². The molecule has 2 amide bonds. The zero-order valence-electron chi connectivity index (χ0n) is 33.1. The molecule has 1 saturated heterocycles. The summed E-state index contributed by atoms with van der Waals surface area (Å²) in [5, 5.41) is 10.5. The van der Waals surface area contributed by atoms with Crippen LogP contribution in [0.3, 0.4) is 0 Å². The zero-order chi connectivity index (χ0) is 42.4. The number of aryl methyl sites for hydroxylation is 2. The number of amides is 2. The number of imide groups is 1. The Morgan fingerprint density at radius 1 is 0.667 bits per heavy atom. The summed E-state index contributed by atoms with van der Waals surface area (Å²) >= 11 is 3.42. The molecule has 0 bridgehead atoms. The number of nitrogens with one attached hydrogen (secondary N) is 1. The number of rotatable bonds is 10. The third kappa shape index (κ3) is 14.9. The molecule has 0 saturated carbocycles. The van der Waals surface area contributed by atoms with Crippen molar-refractivity contribution in [3.8, 4) is 28.6 Å². The molecule has 0 aliphatic carbocycles. The number of hydrogen-bond acceptors (Lipinski definition) is 11. The predicted molar refractivity (Wildman–Crippen MR) is 233 cm³/mol. The van der Waals surface area contributed by atoms with Crippen LogP contribution in [-0.2, 0) is 22.8 Å². The van der Waals surface area contributed by atoms with Crippen molar-refractivity contribution in [3.63, 3.8) is 0 Å². The molecule has 1 atom stereocenters. The van der Waals surface area contributed by atoms with E-state index >= 15 is 0 Å². The zero-order valence-corrected chi connectivity index (χ0v) is 34.7. The lowest BCUT2D eigenvalue weighted by Gasteiger charge is -2.20. The van der Waals surface area contributed by atoms with Gasteiger partial charge in [0.15, 0.2) is 0 Å². The van der Waals surface area contributed by atoms with Crippen molar-refractivity contribution in [2.75, 3.05) is 0 Å². The first kappa shape index (κ1) is 44.3. The highest BCUT2D eigenvalue weighted by atomic mass is 79.9. The van der Waals surface area contributed by atoms with Gasteiger partial charge in [-0.25, -0.2) is 9.97 Å². The number of nitrogens with zero attached hydrogens (tertiary/aromatic N) is 5. The van der Waals surface area contributed by atoms with Crippen molar-refractivity contribution in [1.82, 2.24) is 30.2 Å². The molecule has 1 unspecified atom stereocenters. The number of hydrogen-bond donors (Lipinski definition) is 2. The molecule has 1 aliphatic heterocycles. The molecule has 0 spiro atoms. The number of ether oxygens (including phenoxy) is 2. The van der Waals surface area contributed by atoms with Gasteiger partial charge in [-0.2, -0.15) is 0 Å². The Morgan fingerprint density at radius 3 is 1.75 bits per heavy atom. The first-order chi connectivity index (χ1) is 29.3. The minimum absolute atomic E-state index is 0.180. The fourth-order valence-corrected chi connectivity index (χ4v) is 5.88. The van der Waals surface area contributed by atoms with Gasteiger partial charge in [0.2, 0.25) is 23.6 Å². The van der Waals surface area contributed by atoms with E-state index in [0.717, 1.165) is 43.7 Å². The van der Waals surface area contributed by atoms with Crippen LogP contribution in [0, 0.1) is 13.8 Å². The highest BCUT2D eigenvalue weighted by molar-refractivity contribution is 9.10. The normalized spacial score (nSPS) is 12.7. The summed E-state index contributed by atoms with van der Waals surface area (Å²) in [6.07, 6.45) is 11.0. The molecule has 12 nitrogen and oxygen atoms in total. The average Bonchev–Trinajstić information content (AvgIpc) is 3.28. The molecule has 6 heterocycles. The van der Waals surface area contributed by atoms with Crippen molar-refractivity contribution < 1.29 is 28.7 Å². The van der Waals surface area contributed by atoms with E-state index in [0.29, 0.717) is 51.3 Å². The van der Waals surface area contributed by atoms with E-state index in [9.17, 15) is 9.59 Å². The molecule has 1 radical (unpaired) electrons. The van der Waals surface area contributed by atoms with Crippen molar-refractivity contribution in [2.24, 2.45) is 0 Å². The lowest BCUT2D eigenvalue weighted by molar-refractivity contribution is -0.134. The summed E-state index contributed by atoms with van der Waals surface area (Å²) in [5.41, 5.74) is 7.12. The van der Waals surface area contributed by atoms with E-state index in [1.807, 2.05) is 111 Å². The molecular weight excluding hydrogens is 823 g/mol. The van der Waals surface area contributed by atoms with Crippen LogP contribution in [0.15, 0.2) is 163 Å². The van der Waals surface area contributed by atoms with Gasteiger partial charge in [-0.05, 0) is 119 Å². The second-order valence-electron chi connectivity index (χ2n) is 13.0. The standard InChI is InChI=1S/C18H16N2O.C13H12BrNO.C10H10N2O2.C5H5BNO2/c1-14-7-8-17(16-9-11-19-12-10-16)18(20-14)21-13-15-5-3-2-4-6-15;1-10-7-8-12(14)13(15-10)16-9-11-5-3-2-4-6-11;13-9-2-1-8(10(14)12-9)7-3-5-11-6-4-7;8-6-9-5-1-3-7-4-2-5/h2-12H,13H2,1H3;2-8H,9H2,1H3;3-6,8H,1-2H2,(H,12,13,14);1-4,8H. The molecule has 1 aliphatic rings. The molecule has 60 heavy (non-hydrogen) atoms. The van der Waals surface area contributed by atoms with E-state index in [1.54, 1.807) is 61.4 Å². The summed E-state index contributed by atoms with van der Waals surface area (Å²) in [6, 6.07) is 38.9. The molecule has 303 valence electrons. The maximum atomic E-state index is 11.5. The van der Waals surface area contributed by atoms with Gasteiger partial charge in [0.1, 0.15) is 19.0 Å². The highest BCUT2D eigenvalue weighted by Crippen LogP contribution is 2.29. The summed E-state index contributed by atoms with van der Waals surface area (Å²) in [7, 11) is 0.634. The second kappa shape index (κ2) is 24.2. The van der Waals surface area contributed by atoms with Crippen LogP contribution in [0.4, 0.5) is 0 Å². The molecule has 1 fully saturated rings. The fourth-order valence-electron chi connectivity index (χ4n) is 5.55. The van der Waals surface area contributed by atoms with E-state index in [1.165, 1.54) is 0 Å². The summed E-state index contributed by atoms with van der Waals surface area (Å²) in [6.45, 7) is 4.96. The quantitative estimate of drug-likeness (QED) is 0.101.